The molecule has 0 N–H and O–H groups in total. The molecule has 1 fully saturated rings. The van der Waals surface area contributed by atoms with Crippen molar-refractivity contribution in [3.8, 4) is 16.1 Å². The largest absolute Gasteiger partial charge is 0.465 e. The molecule has 0 radical (unpaired) electrons. The molecule has 140 valence electrons. The number of ether oxygens (including phenoxy) is 1. The molecule has 1 saturated heterocycles. The number of para-hydroxylation sites is 1. The van der Waals surface area contributed by atoms with Crippen LogP contribution in [0.25, 0.3) is 26.3 Å². The number of thioether (sulfide) groups is 1. The number of benzene rings is 1. The van der Waals surface area contributed by atoms with Crippen LogP contribution in [0.5, 0.6) is 0 Å². The summed E-state index contributed by atoms with van der Waals surface area (Å²) in [5, 5.41) is 4.79. The van der Waals surface area contributed by atoms with E-state index in [0.717, 1.165) is 16.1 Å². The average molecular weight is 427 g/mol. The van der Waals surface area contributed by atoms with E-state index in [1.807, 2.05) is 53.2 Å². The second-order valence-electron chi connectivity index (χ2n) is 6.24. The Labute approximate surface area is 172 Å². The first-order chi connectivity index (χ1) is 13.7. The number of cyclic esters (lactones) is 1. The van der Waals surface area contributed by atoms with E-state index in [4.69, 9.17) is 9.72 Å². The second-order valence-corrected chi connectivity index (χ2v) is 9.22. The first-order valence-electron chi connectivity index (χ1n) is 8.69. The maximum absolute atomic E-state index is 13.6. The van der Waals surface area contributed by atoms with Crippen LogP contribution in [0.4, 0.5) is 0 Å². The lowest BCUT2D eigenvalue weighted by Crippen LogP contribution is -2.23. The molecule has 1 aromatic carbocycles. The van der Waals surface area contributed by atoms with Crippen LogP contribution in [-0.2, 0) is 9.53 Å². The highest BCUT2D eigenvalue weighted by Crippen LogP contribution is 2.36. The molecule has 3 aromatic heterocycles. The number of esters is 1. The highest BCUT2D eigenvalue weighted by molar-refractivity contribution is 8.00. The summed E-state index contributed by atoms with van der Waals surface area (Å²) in [6.07, 6.45) is 0.622. The molecule has 8 heteroatoms. The smallest absolute Gasteiger partial charge is 0.319 e. The normalized spacial score (nSPS) is 16.6. The lowest BCUT2D eigenvalue weighted by molar-refractivity contribution is -0.137. The molecule has 5 rings (SSSR count). The quantitative estimate of drug-likeness (QED) is 0.353. The molecule has 1 unspecified atom stereocenters. The first-order valence-corrected chi connectivity index (χ1v) is 11.3. The van der Waals surface area contributed by atoms with Crippen LogP contribution in [-0.4, -0.2) is 27.4 Å². The third-order valence-corrected chi connectivity index (χ3v) is 7.49. The zero-order valence-corrected chi connectivity index (χ0v) is 17.0. The molecule has 0 bridgehead atoms. The lowest BCUT2D eigenvalue weighted by atomic mass is 10.2. The van der Waals surface area contributed by atoms with Gasteiger partial charge in [0, 0.05) is 22.2 Å². The third-order valence-electron chi connectivity index (χ3n) is 4.51. The summed E-state index contributed by atoms with van der Waals surface area (Å²) in [7, 11) is 0. The monoisotopic (exact) mass is 426 g/mol. The van der Waals surface area contributed by atoms with Gasteiger partial charge in [-0.25, -0.2) is 4.98 Å². The van der Waals surface area contributed by atoms with Crippen molar-refractivity contribution >= 4 is 50.6 Å². The fourth-order valence-corrected chi connectivity index (χ4v) is 6.06. The van der Waals surface area contributed by atoms with Crippen molar-refractivity contribution in [2.75, 3.05) is 6.61 Å². The number of fused-ring (bicyclic) bond motifs is 1. The Kier molecular flexibility index (Phi) is 4.54. The average Bonchev–Trinajstić information content (AvgIpc) is 3.44. The van der Waals surface area contributed by atoms with Crippen molar-refractivity contribution in [2.45, 2.75) is 16.8 Å². The Morgan fingerprint density at radius 1 is 1.11 bits per heavy atom. The third kappa shape index (κ3) is 2.97. The molecule has 0 aliphatic carbocycles. The van der Waals surface area contributed by atoms with Crippen LogP contribution in [0.1, 0.15) is 6.42 Å². The van der Waals surface area contributed by atoms with Gasteiger partial charge in [0.1, 0.15) is 10.1 Å². The summed E-state index contributed by atoms with van der Waals surface area (Å²) >= 11 is 4.36. The van der Waals surface area contributed by atoms with Gasteiger partial charge in [0.25, 0.3) is 5.56 Å². The van der Waals surface area contributed by atoms with Gasteiger partial charge in [-0.2, -0.15) is 0 Å². The van der Waals surface area contributed by atoms with Crippen molar-refractivity contribution in [3.05, 3.63) is 63.6 Å². The van der Waals surface area contributed by atoms with E-state index in [9.17, 15) is 9.59 Å². The Morgan fingerprint density at radius 3 is 2.68 bits per heavy atom. The summed E-state index contributed by atoms with van der Waals surface area (Å²) in [5.74, 6) is -0.246. The van der Waals surface area contributed by atoms with Crippen LogP contribution >= 0.6 is 34.4 Å². The van der Waals surface area contributed by atoms with Gasteiger partial charge in [0.15, 0.2) is 5.16 Å². The van der Waals surface area contributed by atoms with E-state index in [2.05, 4.69) is 0 Å². The lowest BCUT2D eigenvalue weighted by Gasteiger charge is -2.13. The molecular weight excluding hydrogens is 412 g/mol. The minimum absolute atomic E-state index is 0.116. The number of hydrogen-bond donors (Lipinski definition) is 0. The maximum atomic E-state index is 13.6. The standard InChI is InChI=1S/C20H14N2O3S3/c23-18-16-13(14-7-4-10-26-14)11-27-17(16)21-20(28-15-8-9-25-19(15)24)22(18)12-5-2-1-3-6-12/h1-7,10-11,15H,8-9H2. The Balaban J connectivity index is 1.75. The topological polar surface area (TPSA) is 61.2 Å². The Morgan fingerprint density at radius 2 is 1.96 bits per heavy atom. The van der Waals surface area contributed by atoms with Crippen molar-refractivity contribution < 1.29 is 9.53 Å². The van der Waals surface area contributed by atoms with Crippen LogP contribution < -0.4 is 5.56 Å². The second kappa shape index (κ2) is 7.20. The van der Waals surface area contributed by atoms with Gasteiger partial charge in [-0.3, -0.25) is 14.2 Å². The van der Waals surface area contributed by atoms with Crippen molar-refractivity contribution in [3.63, 3.8) is 0 Å². The van der Waals surface area contributed by atoms with Gasteiger partial charge in [-0.1, -0.05) is 36.0 Å². The van der Waals surface area contributed by atoms with Gasteiger partial charge in [0.2, 0.25) is 0 Å². The van der Waals surface area contributed by atoms with E-state index in [1.54, 1.807) is 15.9 Å². The first kappa shape index (κ1) is 17.7. The summed E-state index contributed by atoms with van der Waals surface area (Å²) in [4.78, 5) is 32.1. The number of aromatic nitrogens is 2. The van der Waals surface area contributed by atoms with E-state index >= 15 is 0 Å². The number of carbonyl (C=O) groups is 1. The minimum Gasteiger partial charge on any atom is -0.465 e. The van der Waals surface area contributed by atoms with E-state index in [0.29, 0.717) is 28.4 Å². The van der Waals surface area contributed by atoms with E-state index in [1.165, 1.54) is 23.1 Å². The molecule has 1 atom stereocenters. The van der Waals surface area contributed by atoms with Crippen LogP contribution in [0, 0.1) is 0 Å². The molecule has 28 heavy (non-hydrogen) atoms. The molecule has 1 aliphatic rings. The van der Waals surface area contributed by atoms with Crippen molar-refractivity contribution in [2.24, 2.45) is 0 Å². The summed E-state index contributed by atoms with van der Waals surface area (Å²) in [6.45, 7) is 0.413. The van der Waals surface area contributed by atoms with Gasteiger partial charge in [0.05, 0.1) is 17.7 Å². The Hall–Kier alpha value is -2.42. The minimum atomic E-state index is -0.337. The molecule has 4 aromatic rings. The van der Waals surface area contributed by atoms with Crippen molar-refractivity contribution in [1.29, 1.82) is 0 Å². The zero-order chi connectivity index (χ0) is 19.1. The van der Waals surface area contributed by atoms with E-state index in [-0.39, 0.29) is 16.8 Å². The Bertz CT molecular complexity index is 1210. The number of rotatable bonds is 4. The molecule has 4 heterocycles. The summed E-state index contributed by atoms with van der Waals surface area (Å²) < 4.78 is 6.70. The SMILES string of the molecule is O=C1OCCC1Sc1nc2scc(-c3cccs3)c2c(=O)n1-c1ccccc1. The van der Waals surface area contributed by atoms with Crippen LogP contribution in [0.15, 0.2) is 63.2 Å². The fourth-order valence-electron chi connectivity index (χ4n) is 3.18. The highest BCUT2D eigenvalue weighted by Gasteiger charge is 2.30. The van der Waals surface area contributed by atoms with Crippen molar-refractivity contribution in [1.82, 2.24) is 9.55 Å². The molecule has 0 saturated carbocycles. The van der Waals surface area contributed by atoms with Gasteiger partial charge < -0.3 is 4.74 Å². The predicted molar refractivity (Wildman–Crippen MR) is 114 cm³/mol. The zero-order valence-electron chi connectivity index (χ0n) is 14.5. The highest BCUT2D eigenvalue weighted by atomic mass is 32.2. The van der Waals surface area contributed by atoms with Gasteiger partial charge >= 0.3 is 5.97 Å². The van der Waals surface area contributed by atoms with Gasteiger partial charge in [-0.05, 0) is 23.6 Å². The number of nitrogens with zero attached hydrogens (tertiary/aromatic N) is 2. The molecule has 1 aliphatic heterocycles. The summed E-state index contributed by atoms with van der Waals surface area (Å²) in [6, 6.07) is 13.4. The van der Waals surface area contributed by atoms with Gasteiger partial charge in [-0.15, -0.1) is 22.7 Å². The predicted octanol–water partition coefficient (Wildman–Crippen LogP) is 4.58. The van der Waals surface area contributed by atoms with Crippen LogP contribution in [0.2, 0.25) is 0 Å². The van der Waals surface area contributed by atoms with E-state index < -0.39 is 0 Å². The molecular formula is C20H14N2O3S3. The number of carbonyl (C=O) groups excluding carboxylic acids is 1. The molecule has 0 spiro atoms. The summed E-state index contributed by atoms with van der Waals surface area (Å²) in [5.41, 5.74) is 1.53. The number of hydrogen-bond acceptors (Lipinski definition) is 7. The van der Waals surface area contributed by atoms with Crippen LogP contribution in [0.3, 0.4) is 0 Å². The fraction of sp³-hybridized carbons (Fsp3) is 0.150. The maximum Gasteiger partial charge on any atom is 0.319 e. The number of thiophene rings is 2. The molecule has 5 nitrogen and oxygen atoms in total. The molecule has 0 amide bonds.